The average Bonchev–Trinajstić information content (AvgIpc) is 2.96. The van der Waals surface area contributed by atoms with Crippen LogP contribution in [0.2, 0.25) is 0 Å². The molecule has 3 rings (SSSR count). The summed E-state index contributed by atoms with van der Waals surface area (Å²) in [6.07, 6.45) is 5.28. The lowest BCUT2D eigenvalue weighted by molar-refractivity contribution is 0.271. The maximum Gasteiger partial charge on any atom is 0.139 e. The van der Waals surface area contributed by atoms with Gasteiger partial charge in [0.05, 0.1) is 11.9 Å². The fourth-order valence-electron chi connectivity index (χ4n) is 3.04. The highest BCUT2D eigenvalue weighted by molar-refractivity contribution is 9.10. The second-order valence-electron chi connectivity index (χ2n) is 6.26. The van der Waals surface area contributed by atoms with E-state index in [-0.39, 0.29) is 17.8 Å². The zero-order valence-electron chi connectivity index (χ0n) is 12.5. The lowest BCUT2D eigenvalue weighted by atomic mass is 9.90. The summed E-state index contributed by atoms with van der Waals surface area (Å²) in [7, 11) is 0. The molecule has 2 aromatic heterocycles. The second-order valence-corrected chi connectivity index (χ2v) is 7.18. The van der Waals surface area contributed by atoms with Crippen LogP contribution in [0.1, 0.15) is 24.6 Å². The first-order valence-corrected chi connectivity index (χ1v) is 7.85. The fraction of sp³-hybridized carbons (Fsp3) is 0.533. The Bertz CT molecular complexity index is 642. The van der Waals surface area contributed by atoms with Crippen molar-refractivity contribution in [2.45, 2.75) is 26.8 Å². The Kier molecular flexibility index (Phi) is 4.98. The molecule has 0 bridgehead atoms. The van der Waals surface area contributed by atoms with Gasteiger partial charge in [-0.2, -0.15) is 0 Å². The van der Waals surface area contributed by atoms with Crippen molar-refractivity contribution in [1.82, 2.24) is 14.3 Å². The number of likely N-dealkylation sites (tertiary alicyclic amines) is 1. The van der Waals surface area contributed by atoms with Crippen molar-refractivity contribution in [2.75, 3.05) is 19.6 Å². The monoisotopic (exact) mass is 372 g/mol. The molecular formula is C15H22BrClN4. The lowest BCUT2D eigenvalue weighted by Crippen LogP contribution is -2.31. The minimum Gasteiger partial charge on any atom is -0.330 e. The van der Waals surface area contributed by atoms with E-state index >= 15 is 0 Å². The topological polar surface area (TPSA) is 46.6 Å². The van der Waals surface area contributed by atoms with Crippen LogP contribution in [-0.4, -0.2) is 33.9 Å². The highest BCUT2D eigenvalue weighted by atomic mass is 79.9. The van der Waals surface area contributed by atoms with Crippen molar-refractivity contribution >= 4 is 34.0 Å². The molecule has 1 aliphatic heterocycles. The van der Waals surface area contributed by atoms with Crippen LogP contribution in [0.5, 0.6) is 0 Å². The molecule has 21 heavy (non-hydrogen) atoms. The van der Waals surface area contributed by atoms with Crippen molar-refractivity contribution in [2.24, 2.45) is 11.1 Å². The van der Waals surface area contributed by atoms with Crippen LogP contribution in [0.15, 0.2) is 22.9 Å². The Hall–Kier alpha value is -0.620. The number of fused-ring (bicyclic) bond motifs is 1. The minimum atomic E-state index is 0. The summed E-state index contributed by atoms with van der Waals surface area (Å²) >= 11 is 3.57. The van der Waals surface area contributed by atoms with E-state index in [2.05, 4.69) is 56.3 Å². The largest absolute Gasteiger partial charge is 0.330 e. The molecule has 4 nitrogen and oxygen atoms in total. The number of aryl methyl sites for hydroxylation is 1. The van der Waals surface area contributed by atoms with Gasteiger partial charge in [-0.25, -0.2) is 4.98 Å². The summed E-state index contributed by atoms with van der Waals surface area (Å²) in [5.41, 5.74) is 9.64. The Labute approximate surface area is 140 Å². The highest BCUT2D eigenvalue weighted by Gasteiger charge is 2.32. The first-order chi connectivity index (χ1) is 9.50. The normalized spacial score (nSPS) is 22.7. The maximum absolute atomic E-state index is 5.88. The number of rotatable bonds is 3. The van der Waals surface area contributed by atoms with Crippen molar-refractivity contribution in [3.8, 4) is 0 Å². The first-order valence-electron chi connectivity index (χ1n) is 7.05. The number of halogens is 2. The molecule has 2 N–H and O–H groups in total. The number of imidazole rings is 1. The quantitative estimate of drug-likeness (QED) is 0.899. The number of aromatic nitrogens is 2. The first kappa shape index (κ1) is 16.7. The lowest BCUT2D eigenvalue weighted by Gasteiger charge is -2.22. The van der Waals surface area contributed by atoms with Gasteiger partial charge in [0, 0.05) is 23.8 Å². The number of hydrogen-bond donors (Lipinski definition) is 1. The Morgan fingerprint density at radius 1 is 1.48 bits per heavy atom. The molecule has 3 heterocycles. The molecule has 0 radical (unpaired) electrons. The van der Waals surface area contributed by atoms with Crippen molar-refractivity contribution in [3.05, 3.63) is 34.2 Å². The molecule has 0 amide bonds. The van der Waals surface area contributed by atoms with Gasteiger partial charge in [-0.15, -0.1) is 12.4 Å². The smallest absolute Gasteiger partial charge is 0.139 e. The molecule has 116 valence electrons. The standard InChI is InChI=1S/C15H21BrN4.ClH/c1-11-5-12(16)7-20-13(6-18-14(11)20)8-19-4-3-15(2,9-17)10-19;/h5-7H,3-4,8-10,17H2,1-2H3;1H. The van der Waals surface area contributed by atoms with Crippen molar-refractivity contribution < 1.29 is 0 Å². The van der Waals surface area contributed by atoms with Crippen LogP contribution >= 0.6 is 28.3 Å². The van der Waals surface area contributed by atoms with Gasteiger partial charge in [0.15, 0.2) is 0 Å². The molecule has 0 saturated carbocycles. The van der Waals surface area contributed by atoms with Gasteiger partial charge in [0.1, 0.15) is 5.65 Å². The van der Waals surface area contributed by atoms with Gasteiger partial charge >= 0.3 is 0 Å². The molecule has 0 aliphatic carbocycles. The fourth-order valence-corrected chi connectivity index (χ4v) is 3.59. The van der Waals surface area contributed by atoms with E-state index < -0.39 is 0 Å². The molecule has 0 spiro atoms. The minimum absolute atomic E-state index is 0. The highest BCUT2D eigenvalue weighted by Crippen LogP contribution is 2.29. The van der Waals surface area contributed by atoms with Gasteiger partial charge in [-0.05, 0) is 59.4 Å². The van der Waals surface area contributed by atoms with E-state index in [0.717, 1.165) is 36.3 Å². The van der Waals surface area contributed by atoms with Crippen LogP contribution in [0.25, 0.3) is 5.65 Å². The van der Waals surface area contributed by atoms with Crippen LogP contribution < -0.4 is 5.73 Å². The third kappa shape index (κ3) is 3.26. The van der Waals surface area contributed by atoms with E-state index in [0.29, 0.717) is 0 Å². The van der Waals surface area contributed by atoms with E-state index in [1.807, 2.05) is 6.20 Å². The molecule has 0 aromatic carbocycles. The summed E-state index contributed by atoms with van der Waals surface area (Å²) in [6, 6.07) is 2.10. The molecule has 2 aromatic rings. The third-order valence-electron chi connectivity index (χ3n) is 4.35. The van der Waals surface area contributed by atoms with Gasteiger partial charge in [-0.1, -0.05) is 6.92 Å². The Morgan fingerprint density at radius 2 is 2.24 bits per heavy atom. The maximum atomic E-state index is 5.88. The number of pyridine rings is 1. The second kappa shape index (κ2) is 6.24. The van der Waals surface area contributed by atoms with Crippen molar-refractivity contribution in [3.63, 3.8) is 0 Å². The zero-order chi connectivity index (χ0) is 14.3. The summed E-state index contributed by atoms with van der Waals surface area (Å²) in [6.45, 7) is 8.27. The predicted molar refractivity (Wildman–Crippen MR) is 91.9 cm³/mol. The van der Waals surface area contributed by atoms with Gasteiger partial charge < -0.3 is 10.1 Å². The van der Waals surface area contributed by atoms with Crippen LogP contribution in [0.4, 0.5) is 0 Å². The summed E-state index contributed by atoms with van der Waals surface area (Å²) < 4.78 is 3.28. The van der Waals surface area contributed by atoms with Gasteiger partial charge in [0.25, 0.3) is 0 Å². The SMILES string of the molecule is Cc1cc(Br)cn2c(CN3CCC(C)(CN)C3)cnc12.Cl. The van der Waals surface area contributed by atoms with E-state index in [9.17, 15) is 0 Å². The van der Waals surface area contributed by atoms with Gasteiger partial charge in [0.2, 0.25) is 0 Å². The number of hydrogen-bond acceptors (Lipinski definition) is 3. The molecule has 1 unspecified atom stereocenters. The Morgan fingerprint density at radius 3 is 2.90 bits per heavy atom. The van der Waals surface area contributed by atoms with Crippen LogP contribution in [-0.2, 0) is 6.54 Å². The predicted octanol–water partition coefficient (Wildman–Crippen LogP) is 3.00. The number of nitrogens with zero attached hydrogens (tertiary/aromatic N) is 3. The van der Waals surface area contributed by atoms with Crippen LogP contribution in [0, 0.1) is 12.3 Å². The molecule has 1 fully saturated rings. The third-order valence-corrected chi connectivity index (χ3v) is 4.78. The summed E-state index contributed by atoms with van der Waals surface area (Å²) in [4.78, 5) is 7.03. The van der Waals surface area contributed by atoms with Crippen molar-refractivity contribution in [1.29, 1.82) is 0 Å². The summed E-state index contributed by atoms with van der Waals surface area (Å²) in [5, 5.41) is 0. The molecule has 6 heteroatoms. The average molecular weight is 374 g/mol. The zero-order valence-corrected chi connectivity index (χ0v) is 14.9. The molecule has 1 aliphatic rings. The van der Waals surface area contributed by atoms with E-state index in [4.69, 9.17) is 5.73 Å². The Balaban J connectivity index is 0.00000161. The molecule has 1 saturated heterocycles. The number of nitrogens with two attached hydrogens (primary N) is 1. The summed E-state index contributed by atoms with van der Waals surface area (Å²) in [5.74, 6) is 0. The van der Waals surface area contributed by atoms with Crippen LogP contribution in [0.3, 0.4) is 0 Å². The van der Waals surface area contributed by atoms with Gasteiger partial charge in [-0.3, -0.25) is 4.90 Å². The van der Waals surface area contributed by atoms with E-state index in [1.54, 1.807) is 0 Å². The molecule has 1 atom stereocenters. The molecular weight excluding hydrogens is 352 g/mol. The van der Waals surface area contributed by atoms with E-state index in [1.165, 1.54) is 17.7 Å².